The first kappa shape index (κ1) is 9.73. The minimum atomic E-state index is -0.329. The summed E-state index contributed by atoms with van der Waals surface area (Å²) >= 11 is 0. The van der Waals surface area contributed by atoms with Gasteiger partial charge in [0.25, 0.3) is 0 Å². The van der Waals surface area contributed by atoms with Gasteiger partial charge in [0.2, 0.25) is 0 Å². The lowest BCUT2D eigenvalue weighted by Crippen LogP contribution is -2.37. The molecule has 80 valence electrons. The van der Waals surface area contributed by atoms with Gasteiger partial charge in [0.1, 0.15) is 6.10 Å². The molecule has 2 aliphatic rings. The number of aliphatic hydroxyl groups excluding tert-OH is 1. The Kier molecular flexibility index (Phi) is 2.88. The van der Waals surface area contributed by atoms with E-state index in [1.54, 1.807) is 4.90 Å². The maximum absolute atomic E-state index is 11.3. The first-order valence-corrected chi connectivity index (χ1v) is 5.08. The first-order valence-electron chi connectivity index (χ1n) is 5.08. The Bertz CT molecular complexity index is 216. The summed E-state index contributed by atoms with van der Waals surface area (Å²) in [6.07, 6.45) is 1.81. The van der Waals surface area contributed by atoms with E-state index in [0.29, 0.717) is 13.2 Å². The number of ether oxygens (including phenoxy) is 1. The Hall–Kier alpha value is -0.810. The van der Waals surface area contributed by atoms with Crippen LogP contribution in [0.1, 0.15) is 12.8 Å². The third-order valence-corrected chi connectivity index (χ3v) is 2.72. The minimum absolute atomic E-state index is 0.0811. The highest BCUT2D eigenvalue weighted by atomic mass is 16.6. The molecular formula is C9H16N2O3. The Morgan fingerprint density at radius 3 is 2.71 bits per heavy atom. The summed E-state index contributed by atoms with van der Waals surface area (Å²) in [7, 11) is 0. The van der Waals surface area contributed by atoms with E-state index in [2.05, 4.69) is 4.90 Å². The highest BCUT2D eigenvalue weighted by Gasteiger charge is 2.31. The van der Waals surface area contributed by atoms with E-state index in [4.69, 9.17) is 9.84 Å². The predicted molar refractivity (Wildman–Crippen MR) is 49.7 cm³/mol. The quantitative estimate of drug-likeness (QED) is 0.688. The lowest BCUT2D eigenvalue weighted by molar-refractivity contribution is 0.0935. The van der Waals surface area contributed by atoms with Gasteiger partial charge in [-0.1, -0.05) is 0 Å². The van der Waals surface area contributed by atoms with Gasteiger partial charge in [-0.25, -0.2) is 4.79 Å². The number of hydrogen-bond acceptors (Lipinski definition) is 4. The largest absolute Gasteiger partial charge is 0.442 e. The number of amides is 1. The van der Waals surface area contributed by atoms with Crippen molar-refractivity contribution >= 4 is 6.09 Å². The molecule has 0 aromatic heterocycles. The van der Waals surface area contributed by atoms with Crippen molar-refractivity contribution in [3.8, 4) is 0 Å². The van der Waals surface area contributed by atoms with Gasteiger partial charge < -0.3 is 9.84 Å². The van der Waals surface area contributed by atoms with Crippen LogP contribution in [0.25, 0.3) is 0 Å². The molecule has 2 saturated heterocycles. The average Bonchev–Trinajstić information content (AvgIpc) is 2.78. The maximum atomic E-state index is 11.3. The van der Waals surface area contributed by atoms with Crippen molar-refractivity contribution < 1.29 is 14.6 Å². The Balaban J connectivity index is 1.82. The van der Waals surface area contributed by atoms with Crippen molar-refractivity contribution in [3.05, 3.63) is 0 Å². The Labute approximate surface area is 83.2 Å². The third kappa shape index (κ3) is 1.99. The normalized spacial score (nSPS) is 28.5. The molecule has 0 unspecified atom stereocenters. The highest BCUT2D eigenvalue weighted by Crippen LogP contribution is 2.14. The molecule has 1 amide bonds. The Morgan fingerprint density at radius 2 is 2.14 bits per heavy atom. The van der Waals surface area contributed by atoms with E-state index in [1.807, 2.05) is 0 Å². The molecular weight excluding hydrogens is 184 g/mol. The van der Waals surface area contributed by atoms with Crippen LogP contribution >= 0.6 is 0 Å². The standard InChI is InChI=1S/C9H16N2O3/c12-6-8-5-11(9(13)14-8)7-10-3-1-2-4-10/h8,12H,1-7H2/t8-/m0/s1. The van der Waals surface area contributed by atoms with Crippen LogP contribution in [-0.2, 0) is 4.74 Å². The zero-order valence-corrected chi connectivity index (χ0v) is 8.19. The molecule has 0 aromatic carbocycles. The monoisotopic (exact) mass is 200 g/mol. The number of rotatable bonds is 3. The maximum Gasteiger partial charge on any atom is 0.411 e. The zero-order chi connectivity index (χ0) is 9.97. The van der Waals surface area contributed by atoms with E-state index >= 15 is 0 Å². The van der Waals surface area contributed by atoms with Gasteiger partial charge in [0, 0.05) is 0 Å². The number of hydrogen-bond donors (Lipinski definition) is 1. The van der Waals surface area contributed by atoms with Crippen molar-refractivity contribution in [2.75, 3.05) is 32.9 Å². The molecule has 2 heterocycles. The molecule has 14 heavy (non-hydrogen) atoms. The molecule has 1 atom stereocenters. The number of carbonyl (C=O) groups excluding carboxylic acids is 1. The van der Waals surface area contributed by atoms with Gasteiger partial charge in [-0.05, 0) is 25.9 Å². The molecule has 5 nitrogen and oxygen atoms in total. The van der Waals surface area contributed by atoms with Crippen LogP contribution in [0.2, 0.25) is 0 Å². The molecule has 1 N–H and O–H groups in total. The lowest BCUT2D eigenvalue weighted by atomic mass is 10.4. The van der Waals surface area contributed by atoms with Crippen molar-refractivity contribution in [3.63, 3.8) is 0 Å². The summed E-state index contributed by atoms with van der Waals surface area (Å²) in [5, 5.41) is 8.84. The van der Waals surface area contributed by atoms with E-state index in [-0.39, 0.29) is 18.8 Å². The third-order valence-electron chi connectivity index (χ3n) is 2.72. The molecule has 0 aromatic rings. The number of carbonyl (C=O) groups is 1. The summed E-state index contributed by atoms with van der Waals surface area (Å²) in [5.74, 6) is 0. The SMILES string of the molecule is O=C1O[C@H](CO)CN1CN1CCCC1. The van der Waals surface area contributed by atoms with Crippen LogP contribution < -0.4 is 0 Å². The summed E-state index contributed by atoms with van der Waals surface area (Å²) in [6, 6.07) is 0. The fraction of sp³-hybridized carbons (Fsp3) is 0.889. The smallest absolute Gasteiger partial charge is 0.411 e. The number of aliphatic hydroxyl groups is 1. The topological polar surface area (TPSA) is 53.0 Å². The molecule has 2 fully saturated rings. The molecule has 0 spiro atoms. The average molecular weight is 200 g/mol. The van der Waals surface area contributed by atoms with E-state index in [9.17, 15) is 4.79 Å². The zero-order valence-electron chi connectivity index (χ0n) is 8.19. The van der Waals surface area contributed by atoms with Crippen molar-refractivity contribution in [1.82, 2.24) is 9.80 Å². The van der Waals surface area contributed by atoms with Gasteiger partial charge in [0.15, 0.2) is 0 Å². The van der Waals surface area contributed by atoms with Gasteiger partial charge >= 0.3 is 6.09 Å². The van der Waals surface area contributed by atoms with Gasteiger partial charge in [-0.15, -0.1) is 0 Å². The summed E-state index contributed by atoms with van der Waals surface area (Å²) in [5.41, 5.74) is 0. The van der Waals surface area contributed by atoms with Gasteiger partial charge in [0.05, 0.1) is 19.8 Å². The molecule has 0 saturated carbocycles. The van der Waals surface area contributed by atoms with Crippen LogP contribution in [0.5, 0.6) is 0 Å². The molecule has 5 heteroatoms. The van der Waals surface area contributed by atoms with Gasteiger partial charge in [-0.3, -0.25) is 9.80 Å². The van der Waals surface area contributed by atoms with E-state index in [0.717, 1.165) is 13.1 Å². The van der Waals surface area contributed by atoms with E-state index in [1.165, 1.54) is 12.8 Å². The summed E-state index contributed by atoms with van der Waals surface area (Å²) in [6.45, 7) is 3.21. The second-order valence-electron chi connectivity index (χ2n) is 3.88. The fourth-order valence-electron chi connectivity index (χ4n) is 1.95. The number of likely N-dealkylation sites (tertiary alicyclic amines) is 1. The Morgan fingerprint density at radius 1 is 1.43 bits per heavy atom. The molecule has 0 aliphatic carbocycles. The second kappa shape index (κ2) is 4.14. The van der Waals surface area contributed by atoms with Crippen molar-refractivity contribution in [1.29, 1.82) is 0 Å². The highest BCUT2D eigenvalue weighted by molar-refractivity contribution is 5.69. The van der Waals surface area contributed by atoms with Crippen molar-refractivity contribution in [2.45, 2.75) is 18.9 Å². The molecule has 0 radical (unpaired) electrons. The number of nitrogens with zero attached hydrogens (tertiary/aromatic N) is 2. The van der Waals surface area contributed by atoms with Crippen LogP contribution in [0, 0.1) is 0 Å². The van der Waals surface area contributed by atoms with Crippen LogP contribution in [0.3, 0.4) is 0 Å². The summed E-state index contributed by atoms with van der Waals surface area (Å²) < 4.78 is 4.94. The van der Waals surface area contributed by atoms with Gasteiger partial charge in [-0.2, -0.15) is 0 Å². The minimum Gasteiger partial charge on any atom is -0.442 e. The fourth-order valence-corrected chi connectivity index (χ4v) is 1.95. The summed E-state index contributed by atoms with van der Waals surface area (Å²) in [4.78, 5) is 15.2. The second-order valence-corrected chi connectivity index (χ2v) is 3.88. The first-order chi connectivity index (χ1) is 6.79. The number of cyclic esters (lactones) is 1. The molecule has 2 rings (SSSR count). The van der Waals surface area contributed by atoms with Crippen molar-refractivity contribution in [2.24, 2.45) is 0 Å². The predicted octanol–water partition coefficient (Wildman–Crippen LogP) is -0.147. The lowest BCUT2D eigenvalue weighted by Gasteiger charge is -2.20. The van der Waals surface area contributed by atoms with Crippen LogP contribution in [0.4, 0.5) is 4.79 Å². The van der Waals surface area contributed by atoms with E-state index < -0.39 is 0 Å². The van der Waals surface area contributed by atoms with Crippen LogP contribution in [0.15, 0.2) is 0 Å². The van der Waals surface area contributed by atoms with Crippen LogP contribution in [-0.4, -0.2) is 60.0 Å². The molecule has 2 aliphatic heterocycles. The molecule has 0 bridgehead atoms.